The van der Waals surface area contributed by atoms with Crippen LogP contribution in [0.3, 0.4) is 0 Å². The van der Waals surface area contributed by atoms with Crippen molar-refractivity contribution < 1.29 is 0 Å². The predicted molar refractivity (Wildman–Crippen MR) is 320 cm³/mol. The van der Waals surface area contributed by atoms with E-state index in [0.717, 1.165) is 23.7 Å². The molecular formula is C64H152. The maximum absolute atomic E-state index is 2.30. The molecule has 0 aliphatic carbocycles. The van der Waals surface area contributed by atoms with Gasteiger partial charge in [-0.3, -0.25) is 0 Å². The van der Waals surface area contributed by atoms with Crippen molar-refractivity contribution in [1.82, 2.24) is 0 Å². The Morgan fingerprint density at radius 1 is 0.172 bits per heavy atom. The van der Waals surface area contributed by atoms with Gasteiger partial charge in [0, 0.05) is 0 Å². The van der Waals surface area contributed by atoms with E-state index in [0.29, 0.717) is 54.1 Å². The summed E-state index contributed by atoms with van der Waals surface area (Å²) in [5.41, 5.74) is 5.00. The van der Waals surface area contributed by atoms with Gasteiger partial charge in [-0.2, -0.15) is 0 Å². The van der Waals surface area contributed by atoms with Crippen LogP contribution < -0.4 is 0 Å². The predicted octanol–water partition coefficient (Wildman–Crippen LogP) is 25.9. The molecule has 0 radical (unpaired) electrons. The van der Waals surface area contributed by atoms with E-state index in [-0.39, 0.29) is 0 Å². The molecule has 2 unspecified atom stereocenters. The number of hydrogen-bond acceptors (Lipinski definition) is 0. The molecule has 0 rings (SSSR count). The van der Waals surface area contributed by atoms with Crippen molar-refractivity contribution in [3.05, 3.63) is 0 Å². The second-order valence-corrected chi connectivity index (χ2v) is 35.3. The highest BCUT2D eigenvalue weighted by Gasteiger charge is 2.03. The molecule has 408 valence electrons. The summed E-state index contributed by atoms with van der Waals surface area (Å²) in [6, 6.07) is 0. The minimum absolute atomic E-state index is 0.500. The maximum Gasteiger partial charge on any atom is -0.0411 e. The lowest BCUT2D eigenvalue weighted by Crippen LogP contribution is -2.00. The first-order valence-corrected chi connectivity index (χ1v) is 26.4. The summed E-state index contributed by atoms with van der Waals surface area (Å²) < 4.78 is 0. The van der Waals surface area contributed by atoms with Gasteiger partial charge in [0.25, 0.3) is 0 Å². The summed E-state index contributed by atoms with van der Waals surface area (Å²) in [5, 5.41) is 0. The lowest BCUT2D eigenvalue weighted by Gasteiger charge is -2.10. The van der Waals surface area contributed by atoms with Crippen LogP contribution in [0.5, 0.6) is 0 Å². The Bertz CT molecular complexity index is 547. The van der Waals surface area contributed by atoms with Gasteiger partial charge in [-0.05, 0) is 77.8 Å². The smallest absolute Gasteiger partial charge is 0.0411 e. The van der Waals surface area contributed by atoms with Crippen molar-refractivity contribution in [2.75, 3.05) is 0 Å². The van der Waals surface area contributed by atoms with E-state index < -0.39 is 0 Å². The molecule has 0 aliphatic rings. The zero-order chi connectivity index (χ0) is 56.7. The van der Waals surface area contributed by atoms with Gasteiger partial charge < -0.3 is 0 Å². The van der Waals surface area contributed by atoms with Crippen molar-refractivity contribution in [2.24, 2.45) is 77.8 Å². The molecule has 0 aliphatic heterocycles. The van der Waals surface area contributed by atoms with E-state index in [4.69, 9.17) is 0 Å². The average molecular weight is 922 g/mol. The van der Waals surface area contributed by atoms with Crippen LogP contribution in [0.4, 0.5) is 0 Å². The normalized spacial score (nSPS) is 12.7. The van der Waals surface area contributed by atoms with Crippen molar-refractivity contribution in [3.63, 3.8) is 0 Å². The Balaban J connectivity index is -0.0000000462. The summed E-state index contributed by atoms with van der Waals surface area (Å²) in [6.07, 6.45) is 2.63. The van der Waals surface area contributed by atoms with E-state index in [2.05, 4.69) is 332 Å². The van der Waals surface area contributed by atoms with Crippen molar-refractivity contribution in [2.45, 2.75) is 345 Å². The number of rotatable bonds is 4. The molecule has 0 bridgehead atoms. The number of hydrogen-bond donors (Lipinski definition) is 0. The van der Waals surface area contributed by atoms with Gasteiger partial charge >= 0.3 is 0 Å². The molecule has 0 aromatic heterocycles. The minimum Gasteiger partial charge on any atom is -0.0651 e. The summed E-state index contributed by atoms with van der Waals surface area (Å²) >= 11 is 0. The van der Waals surface area contributed by atoms with E-state index in [9.17, 15) is 0 Å². The van der Waals surface area contributed by atoms with Gasteiger partial charge in [0.05, 0.1) is 0 Å². The Morgan fingerprint density at radius 3 is 0.219 bits per heavy atom. The van der Waals surface area contributed by atoms with Crippen LogP contribution >= 0.6 is 0 Å². The zero-order valence-corrected chi connectivity index (χ0v) is 56.7. The molecule has 0 saturated carbocycles. The second kappa shape index (κ2) is 44.2. The molecule has 0 N–H and O–H groups in total. The van der Waals surface area contributed by atoms with E-state index in [1.165, 1.54) is 12.8 Å². The third kappa shape index (κ3) is 1600. The van der Waals surface area contributed by atoms with Crippen LogP contribution in [0, 0.1) is 77.8 Å². The van der Waals surface area contributed by atoms with Crippen LogP contribution in [-0.2, 0) is 0 Å². The van der Waals surface area contributed by atoms with E-state index in [1.807, 2.05) is 0 Å². The van der Waals surface area contributed by atoms with Crippen molar-refractivity contribution in [3.8, 4) is 0 Å². The quantitative estimate of drug-likeness (QED) is 0.264. The largest absolute Gasteiger partial charge is 0.0651 e. The molecule has 0 spiro atoms. The molecule has 0 nitrogen and oxygen atoms in total. The van der Waals surface area contributed by atoms with Crippen LogP contribution in [-0.4, -0.2) is 0 Å². The van der Waals surface area contributed by atoms with Crippen LogP contribution in [0.1, 0.15) is 345 Å². The topological polar surface area (TPSA) is 0 Å². The van der Waals surface area contributed by atoms with Gasteiger partial charge in [0.1, 0.15) is 0 Å². The Kier molecular flexibility index (Phi) is 64.9. The van der Waals surface area contributed by atoms with Crippen molar-refractivity contribution >= 4 is 0 Å². The van der Waals surface area contributed by atoms with Crippen molar-refractivity contribution in [1.29, 1.82) is 0 Å². The Morgan fingerprint density at radius 2 is 0.219 bits per heavy atom. The van der Waals surface area contributed by atoms with Crippen LogP contribution in [0.15, 0.2) is 0 Å². The average Bonchev–Trinajstić information content (AvgIpc) is 2.77. The highest BCUT2D eigenvalue weighted by molar-refractivity contribution is 4.54. The summed E-state index contributed by atoms with van der Waals surface area (Å²) in [6.45, 7) is 106. The zero-order valence-electron chi connectivity index (χ0n) is 56.7. The molecule has 0 fully saturated rings. The summed E-state index contributed by atoms with van der Waals surface area (Å²) in [4.78, 5) is 0. The molecule has 0 saturated heterocycles. The third-order valence-corrected chi connectivity index (χ3v) is 3.56. The van der Waals surface area contributed by atoms with Gasteiger partial charge in [0.2, 0.25) is 0 Å². The maximum atomic E-state index is 2.30. The van der Waals surface area contributed by atoms with Gasteiger partial charge in [0.15, 0.2) is 0 Å². The first kappa shape index (κ1) is 93.9. The summed E-state index contributed by atoms with van der Waals surface area (Å²) in [7, 11) is 0. The highest BCUT2D eigenvalue weighted by atomic mass is 14.1. The van der Waals surface area contributed by atoms with Gasteiger partial charge in [-0.15, -0.1) is 0 Å². The molecule has 0 aromatic rings. The molecule has 0 aromatic carbocycles. The van der Waals surface area contributed by atoms with Crippen LogP contribution in [0.25, 0.3) is 0 Å². The van der Waals surface area contributed by atoms with Gasteiger partial charge in [-0.1, -0.05) is 345 Å². The highest BCUT2D eigenvalue weighted by Crippen LogP contribution is 2.14. The fourth-order valence-electron chi connectivity index (χ4n) is 0.943. The third-order valence-electron chi connectivity index (χ3n) is 3.56. The minimum atomic E-state index is 0.500. The first-order chi connectivity index (χ1) is 26.4. The first-order valence-electron chi connectivity index (χ1n) is 26.4. The Hall–Kier alpha value is 0. The monoisotopic (exact) mass is 921 g/mol. The Labute approximate surface area is 421 Å². The fraction of sp³-hybridized carbons (Fsp3) is 1.00. The molecule has 0 amide bonds. The lowest BCUT2D eigenvalue weighted by atomic mass is 9.96. The van der Waals surface area contributed by atoms with E-state index >= 15 is 0 Å². The lowest BCUT2D eigenvalue weighted by molar-refractivity contribution is 0.407. The molecule has 2 atom stereocenters. The van der Waals surface area contributed by atoms with E-state index in [1.54, 1.807) is 0 Å². The standard InChI is InChI=1S/2C7H16.10C5H12/c2*1-5-7(4)6(2)3;10*1-5(2,3)4/h2*6-7H,5H2,1-4H3;10*1-4H3. The van der Waals surface area contributed by atoms with Gasteiger partial charge in [-0.25, -0.2) is 0 Å². The molecular weight excluding hydrogens is 769 g/mol. The molecule has 0 heteroatoms. The summed E-state index contributed by atoms with van der Waals surface area (Å²) in [5.74, 6) is 3.54. The molecule has 0 heterocycles. The molecule has 64 heavy (non-hydrogen) atoms. The fourth-order valence-corrected chi connectivity index (χ4v) is 0.943. The van der Waals surface area contributed by atoms with Crippen LogP contribution in [0.2, 0.25) is 0 Å². The second-order valence-electron chi connectivity index (χ2n) is 35.3. The SMILES string of the molecule is CC(C)(C)C.CC(C)(C)C.CC(C)(C)C.CC(C)(C)C.CC(C)(C)C.CC(C)(C)C.CC(C)(C)C.CC(C)(C)C.CC(C)(C)C.CC(C)(C)C.CCC(C)C(C)C.CCC(C)C(C)C.